The fourth-order valence-corrected chi connectivity index (χ4v) is 2.88. The van der Waals surface area contributed by atoms with E-state index in [0.29, 0.717) is 5.56 Å². The van der Waals surface area contributed by atoms with E-state index in [0.717, 1.165) is 17.5 Å². The van der Waals surface area contributed by atoms with Crippen LogP contribution in [0.4, 0.5) is 5.82 Å². The molecule has 0 fully saturated rings. The molecule has 9 nitrogen and oxygen atoms in total. The molecule has 2 amide bonds. The summed E-state index contributed by atoms with van der Waals surface area (Å²) < 4.78 is 0. The van der Waals surface area contributed by atoms with Gasteiger partial charge in [-0.05, 0) is 45.4 Å². The summed E-state index contributed by atoms with van der Waals surface area (Å²) >= 11 is 0. The molecule has 2 aromatic heterocycles. The number of carbonyl (C=O) groups is 2. The number of anilines is 1. The molecule has 2 rings (SSSR count). The first kappa shape index (κ1) is 21.8. The van der Waals surface area contributed by atoms with Gasteiger partial charge in [-0.1, -0.05) is 0 Å². The molecule has 154 valence electrons. The third-order valence-electron chi connectivity index (χ3n) is 4.25. The van der Waals surface area contributed by atoms with Crippen molar-refractivity contribution < 1.29 is 9.59 Å². The van der Waals surface area contributed by atoms with Crippen molar-refractivity contribution in [2.45, 2.75) is 40.3 Å². The van der Waals surface area contributed by atoms with Crippen LogP contribution in [0, 0.1) is 19.3 Å². The van der Waals surface area contributed by atoms with E-state index in [2.05, 4.69) is 25.9 Å². The molecule has 0 aliphatic heterocycles. The molecule has 0 atom stereocenters. The Morgan fingerprint density at radius 2 is 1.93 bits per heavy atom. The zero-order valence-electron chi connectivity index (χ0n) is 17.2. The van der Waals surface area contributed by atoms with Crippen molar-refractivity contribution in [3.63, 3.8) is 0 Å². The lowest BCUT2D eigenvalue weighted by molar-refractivity contribution is 0.0950. The van der Waals surface area contributed by atoms with E-state index in [1.807, 2.05) is 19.9 Å². The Labute approximate surface area is 168 Å². The minimum Gasteiger partial charge on any atom is -0.367 e. The minimum absolute atomic E-state index is 0.0162. The number of nitrogens with one attached hydrogen (secondary N) is 5. The molecular formula is C20H26N6O3. The van der Waals surface area contributed by atoms with E-state index in [9.17, 15) is 14.4 Å². The van der Waals surface area contributed by atoms with Crippen molar-refractivity contribution >= 4 is 23.8 Å². The Bertz CT molecular complexity index is 1010. The van der Waals surface area contributed by atoms with E-state index >= 15 is 0 Å². The number of aromatic amines is 1. The zero-order valence-corrected chi connectivity index (χ0v) is 17.2. The van der Waals surface area contributed by atoms with Crippen LogP contribution in [0.2, 0.25) is 0 Å². The lowest BCUT2D eigenvalue weighted by Gasteiger charge is -2.16. The Kier molecular flexibility index (Phi) is 6.87. The highest BCUT2D eigenvalue weighted by Gasteiger charge is 2.20. The van der Waals surface area contributed by atoms with Crippen LogP contribution in [0.3, 0.4) is 0 Å². The quantitative estimate of drug-likeness (QED) is 0.450. The lowest BCUT2D eigenvalue weighted by atomic mass is 10.1. The summed E-state index contributed by atoms with van der Waals surface area (Å²) in [5.74, 6) is -0.693. The van der Waals surface area contributed by atoms with E-state index in [-0.39, 0.29) is 40.8 Å². The van der Waals surface area contributed by atoms with Gasteiger partial charge in [0.25, 0.3) is 17.4 Å². The predicted molar refractivity (Wildman–Crippen MR) is 112 cm³/mol. The van der Waals surface area contributed by atoms with Gasteiger partial charge >= 0.3 is 0 Å². The van der Waals surface area contributed by atoms with Crippen LogP contribution in [-0.2, 0) is 6.54 Å². The maximum Gasteiger partial charge on any atom is 0.269 e. The fourth-order valence-electron chi connectivity index (χ4n) is 2.88. The van der Waals surface area contributed by atoms with Crippen LogP contribution in [0.15, 0.2) is 16.9 Å². The van der Waals surface area contributed by atoms with Crippen molar-refractivity contribution in [3.05, 3.63) is 56.1 Å². The van der Waals surface area contributed by atoms with Crippen molar-refractivity contribution in [3.8, 4) is 0 Å². The summed E-state index contributed by atoms with van der Waals surface area (Å²) in [7, 11) is 1.47. The summed E-state index contributed by atoms with van der Waals surface area (Å²) in [5.41, 5.74) is 2.12. The maximum absolute atomic E-state index is 12.9. The van der Waals surface area contributed by atoms with Gasteiger partial charge in [-0.25, -0.2) is 4.98 Å². The second-order valence-electron chi connectivity index (χ2n) is 6.97. The average Bonchev–Trinajstić information content (AvgIpc) is 2.65. The third kappa shape index (κ3) is 5.07. The van der Waals surface area contributed by atoms with Crippen LogP contribution in [-0.4, -0.2) is 41.1 Å². The highest BCUT2D eigenvalue weighted by molar-refractivity contribution is 6.06. The number of aryl methyl sites for hydroxylation is 2. The molecule has 0 aliphatic rings. The van der Waals surface area contributed by atoms with Crippen LogP contribution >= 0.6 is 0 Å². The lowest BCUT2D eigenvalue weighted by Crippen LogP contribution is -2.30. The minimum atomic E-state index is -0.512. The normalized spacial score (nSPS) is 10.6. The molecule has 0 unspecified atom stereocenters. The number of hydrogen-bond acceptors (Lipinski definition) is 6. The largest absolute Gasteiger partial charge is 0.367 e. The first-order chi connectivity index (χ1) is 13.7. The topological polar surface area (TPSA) is 140 Å². The summed E-state index contributed by atoms with van der Waals surface area (Å²) in [6.45, 7) is 7.37. The van der Waals surface area contributed by atoms with Gasteiger partial charge in [-0.15, -0.1) is 0 Å². The molecule has 9 heteroatoms. The number of aromatic nitrogens is 2. The van der Waals surface area contributed by atoms with E-state index in [1.165, 1.54) is 13.1 Å². The molecule has 0 bridgehead atoms. The van der Waals surface area contributed by atoms with Crippen molar-refractivity contribution in [2.75, 3.05) is 12.4 Å². The highest BCUT2D eigenvalue weighted by Crippen LogP contribution is 2.19. The smallest absolute Gasteiger partial charge is 0.269 e. The number of carbonyl (C=O) groups excluding carboxylic acids is 2. The molecular weight excluding hydrogens is 372 g/mol. The predicted octanol–water partition coefficient (Wildman–Crippen LogP) is 1.49. The Morgan fingerprint density at radius 1 is 1.24 bits per heavy atom. The molecule has 0 aliphatic carbocycles. The molecule has 2 heterocycles. The first-order valence-electron chi connectivity index (χ1n) is 9.19. The Balaban J connectivity index is 2.43. The number of rotatable bonds is 7. The number of amides is 2. The fraction of sp³-hybridized carbons (Fsp3) is 0.350. The van der Waals surface area contributed by atoms with Gasteiger partial charge in [0.15, 0.2) is 0 Å². The van der Waals surface area contributed by atoms with Gasteiger partial charge in [-0.2, -0.15) is 0 Å². The SMILES string of the molecule is CNC(=O)c1cc(C(=O)NCc2c(C)cc(C)[nH]c2=O)c(C=N)c(NC(C)C)n1. The Morgan fingerprint density at radius 3 is 2.48 bits per heavy atom. The number of H-pyrrole nitrogens is 1. The summed E-state index contributed by atoms with van der Waals surface area (Å²) in [5, 5.41) is 16.0. The van der Waals surface area contributed by atoms with Gasteiger partial charge in [0.2, 0.25) is 0 Å². The van der Waals surface area contributed by atoms with Crippen LogP contribution < -0.4 is 21.5 Å². The molecule has 29 heavy (non-hydrogen) atoms. The number of hydrogen-bond donors (Lipinski definition) is 5. The van der Waals surface area contributed by atoms with E-state index in [1.54, 1.807) is 13.8 Å². The average molecular weight is 398 g/mol. The summed E-state index contributed by atoms with van der Waals surface area (Å²) in [4.78, 5) is 44.1. The van der Waals surface area contributed by atoms with Crippen LogP contribution in [0.5, 0.6) is 0 Å². The zero-order chi connectivity index (χ0) is 21.7. The van der Waals surface area contributed by atoms with Crippen LogP contribution in [0.1, 0.15) is 57.1 Å². The summed E-state index contributed by atoms with van der Waals surface area (Å²) in [6.07, 6.45) is 1.02. The maximum atomic E-state index is 12.9. The molecule has 0 aromatic carbocycles. The van der Waals surface area contributed by atoms with Crippen LogP contribution in [0.25, 0.3) is 0 Å². The number of nitrogens with zero attached hydrogens (tertiary/aromatic N) is 1. The number of pyridine rings is 2. The molecule has 0 saturated carbocycles. The Hall–Kier alpha value is -3.49. The van der Waals surface area contributed by atoms with Gasteiger partial charge in [0, 0.05) is 42.7 Å². The van der Waals surface area contributed by atoms with Crippen molar-refractivity contribution in [1.82, 2.24) is 20.6 Å². The molecule has 2 aromatic rings. The molecule has 0 radical (unpaired) electrons. The second-order valence-corrected chi connectivity index (χ2v) is 6.97. The molecule has 0 spiro atoms. The van der Waals surface area contributed by atoms with Gasteiger partial charge in [0.05, 0.1) is 5.56 Å². The molecule has 5 N–H and O–H groups in total. The second kappa shape index (κ2) is 9.13. The monoisotopic (exact) mass is 398 g/mol. The summed E-state index contributed by atoms with van der Waals surface area (Å²) in [6, 6.07) is 3.14. The highest BCUT2D eigenvalue weighted by atomic mass is 16.2. The standard InChI is InChI=1S/C20H26N6O3/c1-10(2)24-17-14(8-21)13(7-16(26-17)20(29)22-5)18(27)23-9-15-11(3)6-12(4)25-19(15)28/h6-8,10,21H,9H2,1-5H3,(H,22,29)(H,23,27)(H,24,26)(H,25,28). The van der Waals surface area contributed by atoms with Gasteiger partial charge in [-0.3, -0.25) is 14.4 Å². The molecule has 0 saturated heterocycles. The van der Waals surface area contributed by atoms with Gasteiger partial charge in [0.1, 0.15) is 11.5 Å². The van der Waals surface area contributed by atoms with Crippen molar-refractivity contribution in [1.29, 1.82) is 5.41 Å². The van der Waals surface area contributed by atoms with E-state index < -0.39 is 11.8 Å². The van der Waals surface area contributed by atoms with Crippen molar-refractivity contribution in [2.24, 2.45) is 0 Å². The van der Waals surface area contributed by atoms with E-state index in [4.69, 9.17) is 5.41 Å². The van der Waals surface area contributed by atoms with Gasteiger partial charge < -0.3 is 26.3 Å². The first-order valence-corrected chi connectivity index (χ1v) is 9.19. The third-order valence-corrected chi connectivity index (χ3v) is 4.25.